The summed E-state index contributed by atoms with van der Waals surface area (Å²) < 4.78 is 1.77. The Kier molecular flexibility index (Phi) is 1.42. The minimum absolute atomic E-state index is 0.551. The predicted octanol–water partition coefficient (Wildman–Crippen LogP) is 0.151. The van der Waals surface area contributed by atoms with Crippen LogP contribution in [0.1, 0.15) is 30.1 Å². The first-order valence-electron chi connectivity index (χ1n) is 3.91. The molecule has 0 amide bonds. The van der Waals surface area contributed by atoms with Gasteiger partial charge in [0.25, 0.3) is 0 Å². The fourth-order valence-corrected chi connectivity index (χ4v) is 1.30. The number of hydrogen-bond acceptors (Lipinski definition) is 3. The van der Waals surface area contributed by atoms with Crippen molar-refractivity contribution in [2.45, 2.75) is 25.3 Å². The highest BCUT2D eigenvalue weighted by Crippen LogP contribution is 2.40. The zero-order chi connectivity index (χ0) is 7.84. The van der Waals surface area contributed by atoms with E-state index in [1.165, 1.54) is 12.8 Å². The Morgan fingerprint density at radius 2 is 2.36 bits per heavy atom. The summed E-state index contributed by atoms with van der Waals surface area (Å²) in [5.74, 6) is 0.655. The Balaban J connectivity index is 2.36. The maximum absolute atomic E-state index is 5.56. The number of aromatic nitrogens is 3. The van der Waals surface area contributed by atoms with Crippen LogP contribution in [0.4, 0.5) is 0 Å². The van der Waals surface area contributed by atoms with E-state index >= 15 is 0 Å². The lowest BCUT2D eigenvalue weighted by atomic mass is 10.2. The molecule has 1 aromatic heterocycles. The molecule has 1 saturated carbocycles. The second kappa shape index (κ2) is 2.30. The number of rotatable bonds is 2. The molecular formula is C7H12N4. The van der Waals surface area contributed by atoms with Crippen molar-refractivity contribution in [3.63, 3.8) is 0 Å². The SMILES string of the molecule is Cn1nnc(C2CC2)c1CN. The molecule has 0 bridgehead atoms. The van der Waals surface area contributed by atoms with Gasteiger partial charge in [0.05, 0.1) is 11.4 Å². The number of aryl methyl sites for hydroxylation is 1. The number of hydrogen-bond donors (Lipinski definition) is 1. The molecule has 0 aliphatic heterocycles. The molecule has 1 aliphatic rings. The van der Waals surface area contributed by atoms with Crippen LogP contribution in [0.5, 0.6) is 0 Å². The van der Waals surface area contributed by atoms with E-state index in [0.29, 0.717) is 12.5 Å². The smallest absolute Gasteiger partial charge is 0.0903 e. The van der Waals surface area contributed by atoms with E-state index in [9.17, 15) is 0 Å². The largest absolute Gasteiger partial charge is 0.325 e. The normalized spacial score (nSPS) is 17.3. The molecule has 4 heteroatoms. The van der Waals surface area contributed by atoms with Crippen LogP contribution in [0, 0.1) is 0 Å². The van der Waals surface area contributed by atoms with Gasteiger partial charge in [0.2, 0.25) is 0 Å². The molecule has 1 aliphatic carbocycles. The van der Waals surface area contributed by atoms with Crippen LogP contribution in [-0.2, 0) is 13.6 Å². The Morgan fingerprint density at radius 3 is 2.91 bits per heavy atom. The summed E-state index contributed by atoms with van der Waals surface area (Å²) in [5.41, 5.74) is 7.77. The highest BCUT2D eigenvalue weighted by molar-refractivity contribution is 5.19. The summed E-state index contributed by atoms with van der Waals surface area (Å²) >= 11 is 0. The van der Waals surface area contributed by atoms with E-state index in [-0.39, 0.29) is 0 Å². The topological polar surface area (TPSA) is 56.7 Å². The zero-order valence-electron chi connectivity index (χ0n) is 6.62. The van der Waals surface area contributed by atoms with E-state index < -0.39 is 0 Å². The van der Waals surface area contributed by atoms with Crippen LogP contribution in [0.15, 0.2) is 0 Å². The van der Waals surface area contributed by atoms with Gasteiger partial charge < -0.3 is 5.73 Å². The van der Waals surface area contributed by atoms with Crippen molar-refractivity contribution >= 4 is 0 Å². The monoisotopic (exact) mass is 152 g/mol. The van der Waals surface area contributed by atoms with Gasteiger partial charge in [0.1, 0.15) is 0 Å². The van der Waals surface area contributed by atoms with E-state index in [1.54, 1.807) is 4.68 Å². The van der Waals surface area contributed by atoms with Gasteiger partial charge in [-0.05, 0) is 12.8 Å². The molecule has 0 spiro atoms. The molecule has 11 heavy (non-hydrogen) atoms. The van der Waals surface area contributed by atoms with Crippen molar-refractivity contribution in [2.24, 2.45) is 12.8 Å². The van der Waals surface area contributed by atoms with Crippen LogP contribution < -0.4 is 5.73 Å². The summed E-state index contributed by atoms with van der Waals surface area (Å²) in [5, 5.41) is 8.02. The molecule has 4 nitrogen and oxygen atoms in total. The standard InChI is InChI=1S/C7H12N4/c1-11-6(4-8)7(9-10-11)5-2-3-5/h5H,2-4,8H2,1H3. The number of nitrogens with two attached hydrogens (primary N) is 1. The first kappa shape index (κ1) is 6.79. The Morgan fingerprint density at radius 1 is 1.64 bits per heavy atom. The Hall–Kier alpha value is -0.900. The van der Waals surface area contributed by atoms with Gasteiger partial charge in [-0.3, -0.25) is 4.68 Å². The Labute approximate surface area is 65.4 Å². The highest BCUT2D eigenvalue weighted by atomic mass is 15.4. The molecule has 2 rings (SSSR count). The van der Waals surface area contributed by atoms with Crippen molar-refractivity contribution in [3.8, 4) is 0 Å². The minimum atomic E-state index is 0.551. The molecule has 0 unspecified atom stereocenters. The predicted molar refractivity (Wildman–Crippen MR) is 40.9 cm³/mol. The third kappa shape index (κ3) is 1.03. The lowest BCUT2D eigenvalue weighted by Crippen LogP contribution is -2.06. The quantitative estimate of drug-likeness (QED) is 0.656. The van der Waals surface area contributed by atoms with E-state index in [0.717, 1.165) is 11.4 Å². The van der Waals surface area contributed by atoms with Crippen LogP contribution in [0.3, 0.4) is 0 Å². The fourth-order valence-electron chi connectivity index (χ4n) is 1.30. The molecule has 0 radical (unpaired) electrons. The van der Waals surface area contributed by atoms with Crippen LogP contribution in [0.25, 0.3) is 0 Å². The van der Waals surface area contributed by atoms with Gasteiger partial charge in [-0.1, -0.05) is 5.21 Å². The lowest BCUT2D eigenvalue weighted by molar-refractivity contribution is 0.678. The zero-order valence-corrected chi connectivity index (χ0v) is 6.62. The molecule has 0 aromatic carbocycles. The van der Waals surface area contributed by atoms with E-state index in [1.807, 2.05) is 7.05 Å². The molecule has 1 aromatic rings. The summed E-state index contributed by atoms with van der Waals surface area (Å²) in [4.78, 5) is 0. The van der Waals surface area contributed by atoms with Crippen molar-refractivity contribution in [1.29, 1.82) is 0 Å². The van der Waals surface area contributed by atoms with Gasteiger partial charge in [0.15, 0.2) is 0 Å². The fraction of sp³-hybridized carbons (Fsp3) is 0.714. The molecule has 1 heterocycles. The van der Waals surface area contributed by atoms with Crippen LogP contribution in [-0.4, -0.2) is 15.0 Å². The van der Waals surface area contributed by atoms with E-state index in [4.69, 9.17) is 5.73 Å². The maximum atomic E-state index is 5.56. The highest BCUT2D eigenvalue weighted by Gasteiger charge is 2.29. The Bertz CT molecular complexity index is 261. The van der Waals surface area contributed by atoms with Crippen molar-refractivity contribution < 1.29 is 0 Å². The summed E-state index contributed by atoms with van der Waals surface area (Å²) in [7, 11) is 1.89. The molecule has 1 fully saturated rings. The van der Waals surface area contributed by atoms with Crippen molar-refractivity contribution in [3.05, 3.63) is 11.4 Å². The lowest BCUT2D eigenvalue weighted by Gasteiger charge is -1.97. The first-order chi connectivity index (χ1) is 5.33. The van der Waals surface area contributed by atoms with Gasteiger partial charge in [0, 0.05) is 19.5 Å². The molecule has 60 valence electrons. The van der Waals surface area contributed by atoms with Crippen LogP contribution >= 0.6 is 0 Å². The second-order valence-electron chi connectivity index (χ2n) is 3.02. The molecule has 2 N–H and O–H groups in total. The van der Waals surface area contributed by atoms with Gasteiger partial charge in [-0.2, -0.15) is 0 Å². The maximum Gasteiger partial charge on any atom is 0.0903 e. The van der Waals surface area contributed by atoms with Crippen molar-refractivity contribution in [1.82, 2.24) is 15.0 Å². The van der Waals surface area contributed by atoms with Gasteiger partial charge in [-0.15, -0.1) is 5.10 Å². The summed E-state index contributed by atoms with van der Waals surface area (Å²) in [6.07, 6.45) is 2.51. The average molecular weight is 152 g/mol. The van der Waals surface area contributed by atoms with Crippen molar-refractivity contribution in [2.75, 3.05) is 0 Å². The second-order valence-corrected chi connectivity index (χ2v) is 3.02. The average Bonchev–Trinajstić information content (AvgIpc) is 2.76. The minimum Gasteiger partial charge on any atom is -0.325 e. The molecular weight excluding hydrogens is 140 g/mol. The van der Waals surface area contributed by atoms with E-state index in [2.05, 4.69) is 10.3 Å². The third-order valence-electron chi connectivity index (χ3n) is 2.13. The summed E-state index contributed by atoms with van der Waals surface area (Å²) in [6, 6.07) is 0. The third-order valence-corrected chi connectivity index (χ3v) is 2.13. The molecule has 0 atom stereocenters. The molecule has 0 saturated heterocycles. The van der Waals surface area contributed by atoms with Crippen LogP contribution in [0.2, 0.25) is 0 Å². The number of nitrogens with zero attached hydrogens (tertiary/aromatic N) is 3. The van der Waals surface area contributed by atoms with Gasteiger partial charge >= 0.3 is 0 Å². The van der Waals surface area contributed by atoms with Gasteiger partial charge in [-0.25, -0.2) is 0 Å². The summed E-state index contributed by atoms with van der Waals surface area (Å²) in [6.45, 7) is 0.551. The first-order valence-corrected chi connectivity index (χ1v) is 3.91.